The number of hydrogen-bond donors (Lipinski definition) is 2. The fourth-order valence-electron chi connectivity index (χ4n) is 1.60. The van der Waals surface area contributed by atoms with Gasteiger partial charge in [0.05, 0.1) is 12.1 Å². The molecule has 6 nitrogen and oxygen atoms in total. The van der Waals surface area contributed by atoms with E-state index >= 15 is 0 Å². The summed E-state index contributed by atoms with van der Waals surface area (Å²) in [5.41, 5.74) is 11.2. The van der Waals surface area contributed by atoms with Gasteiger partial charge in [0.1, 0.15) is 12.1 Å². The maximum atomic E-state index is 13.4. The highest BCUT2D eigenvalue weighted by Gasteiger charge is 2.11. The summed E-state index contributed by atoms with van der Waals surface area (Å²) in [5.74, 6) is -0.276. The molecule has 1 aromatic heterocycles. The number of amides is 1. The number of carbonyl (C=O) groups excluding carboxylic acids is 1. The van der Waals surface area contributed by atoms with Crippen LogP contribution in [0.25, 0.3) is 11.0 Å². The lowest BCUT2D eigenvalue weighted by Gasteiger charge is -2.05. The van der Waals surface area contributed by atoms with Crippen LogP contribution in [0.1, 0.15) is 0 Å². The third-order valence-electron chi connectivity index (χ3n) is 2.32. The Morgan fingerprint density at radius 3 is 3.00 bits per heavy atom. The van der Waals surface area contributed by atoms with Gasteiger partial charge < -0.3 is 20.8 Å². The van der Waals surface area contributed by atoms with E-state index in [1.54, 1.807) is 16.7 Å². The summed E-state index contributed by atoms with van der Waals surface area (Å²) in [7, 11) is 0. The zero-order valence-electron chi connectivity index (χ0n) is 8.89. The Morgan fingerprint density at radius 2 is 2.29 bits per heavy atom. The SMILES string of the molecule is NC(=O)OCCn1c(N)nc2c(F)cccc21. The van der Waals surface area contributed by atoms with E-state index in [-0.39, 0.29) is 24.6 Å². The van der Waals surface area contributed by atoms with E-state index in [0.29, 0.717) is 5.52 Å². The monoisotopic (exact) mass is 238 g/mol. The molecule has 90 valence electrons. The van der Waals surface area contributed by atoms with Gasteiger partial charge in [-0.3, -0.25) is 0 Å². The van der Waals surface area contributed by atoms with Crippen molar-refractivity contribution in [2.24, 2.45) is 5.73 Å². The fourth-order valence-corrected chi connectivity index (χ4v) is 1.60. The largest absolute Gasteiger partial charge is 0.448 e. The molecule has 0 aliphatic rings. The van der Waals surface area contributed by atoms with Crippen molar-refractivity contribution >= 4 is 23.1 Å². The second kappa shape index (κ2) is 4.28. The normalized spacial score (nSPS) is 10.6. The molecule has 0 spiro atoms. The number of benzene rings is 1. The van der Waals surface area contributed by atoms with Gasteiger partial charge in [0, 0.05) is 0 Å². The molecule has 2 rings (SSSR count). The van der Waals surface area contributed by atoms with Gasteiger partial charge in [0.2, 0.25) is 5.95 Å². The van der Waals surface area contributed by atoms with E-state index in [0.717, 1.165) is 0 Å². The minimum atomic E-state index is -0.862. The van der Waals surface area contributed by atoms with Crippen LogP contribution >= 0.6 is 0 Å². The van der Waals surface area contributed by atoms with Crippen molar-refractivity contribution < 1.29 is 13.9 Å². The Bertz CT molecular complexity index is 567. The zero-order chi connectivity index (χ0) is 12.4. The molecule has 0 aliphatic carbocycles. The van der Waals surface area contributed by atoms with Gasteiger partial charge >= 0.3 is 6.09 Å². The minimum Gasteiger partial charge on any atom is -0.448 e. The summed E-state index contributed by atoms with van der Waals surface area (Å²) in [6.45, 7) is 0.330. The first-order valence-electron chi connectivity index (χ1n) is 4.92. The maximum Gasteiger partial charge on any atom is 0.404 e. The summed E-state index contributed by atoms with van der Waals surface area (Å²) in [4.78, 5) is 14.3. The van der Waals surface area contributed by atoms with Crippen LogP contribution in [-0.4, -0.2) is 22.3 Å². The zero-order valence-corrected chi connectivity index (χ0v) is 8.89. The van der Waals surface area contributed by atoms with Gasteiger partial charge in [-0.25, -0.2) is 14.2 Å². The lowest BCUT2D eigenvalue weighted by atomic mass is 10.3. The standard InChI is InChI=1S/C10H11FN4O2/c11-6-2-1-3-7-8(6)14-9(12)15(7)4-5-17-10(13)16/h1-3H,4-5H2,(H2,12,14)(H2,13,16). The first-order valence-corrected chi connectivity index (χ1v) is 4.92. The van der Waals surface area contributed by atoms with Crippen molar-refractivity contribution in [1.29, 1.82) is 0 Å². The van der Waals surface area contributed by atoms with Crippen LogP contribution in [0.4, 0.5) is 15.1 Å². The number of primary amides is 1. The molecule has 1 aromatic carbocycles. The molecule has 0 unspecified atom stereocenters. The molecular weight excluding hydrogens is 227 g/mol. The molecule has 0 bridgehead atoms. The number of ether oxygens (including phenoxy) is 1. The van der Waals surface area contributed by atoms with Gasteiger partial charge in [-0.1, -0.05) is 6.07 Å². The Labute approximate surface area is 96.0 Å². The highest BCUT2D eigenvalue weighted by Crippen LogP contribution is 2.20. The number of nitrogen functional groups attached to an aromatic ring is 1. The number of imidazole rings is 1. The van der Waals surface area contributed by atoms with Gasteiger partial charge in [-0.2, -0.15) is 0 Å². The molecule has 2 aromatic rings. The van der Waals surface area contributed by atoms with Crippen molar-refractivity contribution in [2.45, 2.75) is 6.54 Å². The van der Waals surface area contributed by atoms with Crippen molar-refractivity contribution in [1.82, 2.24) is 9.55 Å². The van der Waals surface area contributed by atoms with E-state index in [1.807, 2.05) is 0 Å². The molecule has 17 heavy (non-hydrogen) atoms. The van der Waals surface area contributed by atoms with Crippen LogP contribution in [0.2, 0.25) is 0 Å². The molecule has 4 N–H and O–H groups in total. The fraction of sp³-hybridized carbons (Fsp3) is 0.200. The number of aromatic nitrogens is 2. The van der Waals surface area contributed by atoms with Gasteiger partial charge in [0.15, 0.2) is 5.82 Å². The van der Waals surface area contributed by atoms with Crippen LogP contribution in [0.15, 0.2) is 18.2 Å². The third kappa shape index (κ3) is 2.12. The quantitative estimate of drug-likeness (QED) is 0.828. The molecule has 0 atom stereocenters. The topological polar surface area (TPSA) is 96.2 Å². The van der Waals surface area contributed by atoms with E-state index in [9.17, 15) is 9.18 Å². The predicted molar refractivity (Wildman–Crippen MR) is 59.6 cm³/mol. The molecular formula is C10H11FN4O2. The highest BCUT2D eigenvalue weighted by atomic mass is 19.1. The summed E-state index contributed by atoms with van der Waals surface area (Å²) in [6, 6.07) is 4.55. The second-order valence-corrected chi connectivity index (χ2v) is 3.40. The van der Waals surface area contributed by atoms with Crippen molar-refractivity contribution in [3.8, 4) is 0 Å². The number of rotatable bonds is 3. The first kappa shape index (κ1) is 11.2. The van der Waals surface area contributed by atoms with E-state index < -0.39 is 11.9 Å². The van der Waals surface area contributed by atoms with Gasteiger partial charge in [-0.15, -0.1) is 0 Å². The van der Waals surface area contributed by atoms with Crippen molar-refractivity contribution in [3.63, 3.8) is 0 Å². The summed E-state index contributed by atoms with van der Waals surface area (Å²) >= 11 is 0. The number of para-hydroxylation sites is 1. The molecule has 7 heteroatoms. The maximum absolute atomic E-state index is 13.4. The Morgan fingerprint density at radius 1 is 1.53 bits per heavy atom. The van der Waals surface area contributed by atoms with Crippen LogP contribution in [0, 0.1) is 5.82 Å². The average molecular weight is 238 g/mol. The molecule has 1 heterocycles. The Kier molecular flexibility index (Phi) is 2.82. The smallest absolute Gasteiger partial charge is 0.404 e. The molecule has 0 fully saturated rings. The molecule has 0 saturated heterocycles. The van der Waals surface area contributed by atoms with Gasteiger partial charge in [0.25, 0.3) is 0 Å². The molecule has 0 radical (unpaired) electrons. The van der Waals surface area contributed by atoms with E-state index in [2.05, 4.69) is 9.72 Å². The number of hydrogen-bond acceptors (Lipinski definition) is 4. The predicted octanol–water partition coefficient (Wildman–Crippen LogP) is 0.853. The number of anilines is 1. The van der Waals surface area contributed by atoms with Crippen LogP contribution < -0.4 is 11.5 Å². The molecule has 1 amide bonds. The Balaban J connectivity index is 2.30. The summed E-state index contributed by atoms with van der Waals surface area (Å²) < 4.78 is 19.5. The Hall–Kier alpha value is -2.31. The number of carbonyl (C=O) groups is 1. The number of fused-ring (bicyclic) bond motifs is 1. The highest BCUT2D eigenvalue weighted by molar-refractivity contribution is 5.78. The average Bonchev–Trinajstić information content (AvgIpc) is 2.57. The summed E-state index contributed by atoms with van der Waals surface area (Å²) in [5, 5.41) is 0. The first-order chi connectivity index (χ1) is 8.09. The molecule has 0 aliphatic heterocycles. The number of nitrogens with zero attached hydrogens (tertiary/aromatic N) is 2. The van der Waals surface area contributed by atoms with Crippen LogP contribution in [0.3, 0.4) is 0 Å². The third-order valence-corrected chi connectivity index (χ3v) is 2.32. The van der Waals surface area contributed by atoms with E-state index in [4.69, 9.17) is 11.5 Å². The van der Waals surface area contributed by atoms with Crippen LogP contribution in [0.5, 0.6) is 0 Å². The summed E-state index contributed by atoms with van der Waals surface area (Å²) in [6.07, 6.45) is -0.862. The lowest BCUT2D eigenvalue weighted by molar-refractivity contribution is 0.153. The minimum absolute atomic E-state index is 0.0571. The molecule has 0 saturated carbocycles. The van der Waals surface area contributed by atoms with Crippen molar-refractivity contribution in [3.05, 3.63) is 24.0 Å². The van der Waals surface area contributed by atoms with E-state index in [1.165, 1.54) is 6.07 Å². The van der Waals surface area contributed by atoms with Crippen LogP contribution in [-0.2, 0) is 11.3 Å². The van der Waals surface area contributed by atoms with Gasteiger partial charge in [-0.05, 0) is 12.1 Å². The van der Waals surface area contributed by atoms with Crippen molar-refractivity contribution in [2.75, 3.05) is 12.3 Å². The second-order valence-electron chi connectivity index (χ2n) is 3.40. The lowest BCUT2D eigenvalue weighted by Crippen LogP contribution is -2.17. The number of halogens is 1. The number of nitrogens with two attached hydrogens (primary N) is 2.